The Labute approximate surface area is 287 Å². The fraction of sp³-hybridized carbons (Fsp3) is 0.105. The van der Waals surface area contributed by atoms with Crippen molar-refractivity contribution in [2.75, 3.05) is 13.2 Å². The van der Waals surface area contributed by atoms with E-state index in [1.807, 2.05) is 24.3 Å². The molecule has 0 N–H and O–H groups in total. The molecule has 240 valence electrons. The molecule has 2 aromatic heterocycles. The van der Waals surface area contributed by atoms with Gasteiger partial charge in [0.1, 0.15) is 42.6 Å². The molecule has 0 unspecified atom stereocenters. The van der Waals surface area contributed by atoms with E-state index in [2.05, 4.69) is 95.9 Å². The van der Waals surface area contributed by atoms with Crippen LogP contribution in [-0.4, -0.2) is 35.1 Å². The maximum atomic E-state index is 12.4. The van der Waals surface area contributed by atoms with Crippen molar-refractivity contribution in [2.45, 2.75) is 12.0 Å². The molecule has 0 radical (unpaired) electrons. The molecule has 0 aliphatic heterocycles. The quantitative estimate of drug-likeness (QED) is 0.0853. The number of alkyl halides is 1. The number of ether oxygens (including phenoxy) is 2. The van der Waals surface area contributed by atoms with Gasteiger partial charge in [-0.3, -0.25) is 9.97 Å². The van der Waals surface area contributed by atoms with Gasteiger partial charge in [0.25, 0.3) is 0 Å². The lowest BCUT2D eigenvalue weighted by molar-refractivity contribution is -0.0000412. The first-order chi connectivity index (χ1) is 22.5. The second kappa shape index (κ2) is 19.1. The zero-order chi connectivity index (χ0) is 32.6. The van der Waals surface area contributed by atoms with Gasteiger partial charge in [0.15, 0.2) is 0 Å². The topological polar surface area (TPSA) is 78.4 Å². The minimum absolute atomic E-state index is 0. The molecule has 0 bridgehead atoms. The number of halogens is 2. The van der Waals surface area contributed by atoms with Crippen LogP contribution in [0.4, 0.5) is 0 Å². The van der Waals surface area contributed by atoms with Crippen LogP contribution in [0.2, 0.25) is 0 Å². The average Bonchev–Trinajstić information content (AvgIpc) is 3.13. The Balaban J connectivity index is 0.000000338. The number of aromatic nitrogens is 2. The number of pyridine rings is 2. The summed E-state index contributed by atoms with van der Waals surface area (Å²) in [5.41, 5.74) is 2.48. The summed E-state index contributed by atoms with van der Waals surface area (Å²) in [5.74, 6) is -0.474. The molecule has 0 aliphatic rings. The first kappa shape index (κ1) is 36.9. The largest absolute Gasteiger partial charge is 1.00 e. The maximum Gasteiger partial charge on any atom is 0.338 e. The highest BCUT2D eigenvalue weighted by Crippen LogP contribution is 2.57. The van der Waals surface area contributed by atoms with Crippen LogP contribution in [-0.2, 0) is 21.5 Å². The molecule has 9 heteroatoms. The number of carbonyl (C=O) groups excluding carboxylic acids is 2. The fourth-order valence-electron chi connectivity index (χ4n) is 4.82. The second-order valence-corrected chi connectivity index (χ2v) is 13.7. The lowest BCUT2D eigenvalue weighted by atomic mass is 10.2. The van der Waals surface area contributed by atoms with Gasteiger partial charge in [0.05, 0.1) is 28.4 Å². The molecule has 5 aromatic rings. The third-order valence-corrected chi connectivity index (χ3v) is 11.5. The first-order valence-corrected chi connectivity index (χ1v) is 17.1. The Morgan fingerprint density at radius 1 is 0.638 bits per heavy atom. The number of rotatable bonds is 12. The van der Waals surface area contributed by atoms with E-state index < -0.39 is 13.2 Å². The van der Waals surface area contributed by atoms with Gasteiger partial charge in [-0.15, -0.1) is 11.6 Å². The molecule has 6 nitrogen and oxygen atoms in total. The van der Waals surface area contributed by atoms with E-state index in [1.165, 1.54) is 28.2 Å². The Morgan fingerprint density at radius 2 is 1.02 bits per heavy atom. The van der Waals surface area contributed by atoms with Crippen LogP contribution < -0.4 is 28.3 Å². The number of esters is 2. The molecular formula is C38H35Cl2N2O4P. The van der Waals surface area contributed by atoms with Gasteiger partial charge >= 0.3 is 11.9 Å². The molecule has 5 rings (SSSR count). The minimum Gasteiger partial charge on any atom is -1.00 e. The lowest BCUT2D eigenvalue weighted by Crippen LogP contribution is -3.00. The van der Waals surface area contributed by atoms with E-state index in [0.29, 0.717) is 23.0 Å². The predicted octanol–water partition coefficient (Wildman–Crippen LogP) is 4.09. The Morgan fingerprint density at radius 3 is 1.40 bits per heavy atom. The molecule has 47 heavy (non-hydrogen) atoms. The van der Waals surface area contributed by atoms with Crippen LogP contribution in [0.5, 0.6) is 0 Å². The fourth-order valence-corrected chi connectivity index (χ4v) is 9.11. The van der Waals surface area contributed by atoms with Crippen LogP contribution in [0, 0.1) is 0 Å². The van der Waals surface area contributed by atoms with Crippen molar-refractivity contribution >= 4 is 46.7 Å². The van der Waals surface area contributed by atoms with Crippen molar-refractivity contribution in [3.63, 3.8) is 0 Å². The first-order valence-electron chi connectivity index (χ1n) is 14.6. The zero-order valence-electron chi connectivity index (χ0n) is 25.8. The molecule has 0 aliphatic carbocycles. The van der Waals surface area contributed by atoms with Crippen LogP contribution >= 0.6 is 18.9 Å². The highest BCUT2D eigenvalue weighted by molar-refractivity contribution is 7.95. The third-order valence-electron chi connectivity index (χ3n) is 6.90. The summed E-state index contributed by atoms with van der Waals surface area (Å²) in [6.07, 6.45) is 7.00. The van der Waals surface area contributed by atoms with E-state index in [0.717, 1.165) is 5.69 Å². The van der Waals surface area contributed by atoms with Gasteiger partial charge in [0.2, 0.25) is 0 Å². The van der Waals surface area contributed by atoms with E-state index >= 15 is 0 Å². The minimum atomic E-state index is -2.08. The predicted molar refractivity (Wildman–Crippen MR) is 188 cm³/mol. The van der Waals surface area contributed by atoms with Crippen LogP contribution in [0.15, 0.2) is 153 Å². The molecule has 3 aromatic carbocycles. The van der Waals surface area contributed by atoms with Crippen LogP contribution in [0.1, 0.15) is 32.1 Å². The summed E-state index contributed by atoms with van der Waals surface area (Å²) in [6, 6.07) is 38.6. The summed E-state index contributed by atoms with van der Waals surface area (Å²) >= 11 is 5.58. The SMILES string of the molecule is C=CCOC(=O)c1ccnc(CCl)c1.C=CCOC(=O)c1ccnc(C[P+](c2ccccc2)(c2ccccc2)c2ccccc2)c1.[Cl-]. The zero-order valence-corrected chi connectivity index (χ0v) is 28.2. The van der Waals surface area contributed by atoms with E-state index in [-0.39, 0.29) is 37.5 Å². The molecule has 0 saturated heterocycles. The normalized spacial score (nSPS) is 10.3. The lowest BCUT2D eigenvalue weighted by Gasteiger charge is -2.27. The highest BCUT2D eigenvalue weighted by Gasteiger charge is 2.45. The standard InChI is InChI=1S/C28H25NO2P.C10H10ClNO2.ClH/c1-2-20-31-28(30)23-18-19-29-24(21-23)22-32(25-12-6-3-7-13-25,26-14-8-4-9-15-26)27-16-10-5-11-17-27;1-2-5-14-10(13)8-3-4-12-9(6-8)7-11;/h2-19,21H,1,20,22H2;2-4,6H,1,5,7H2;1H/q+1;;/p-1. The molecule has 2 heterocycles. The van der Waals surface area contributed by atoms with Gasteiger partial charge in [-0.25, -0.2) is 9.59 Å². The Kier molecular flexibility index (Phi) is 15.0. The smallest absolute Gasteiger partial charge is 0.338 e. The molecule has 0 spiro atoms. The van der Waals surface area contributed by atoms with E-state index in [9.17, 15) is 9.59 Å². The van der Waals surface area contributed by atoms with Gasteiger partial charge < -0.3 is 21.9 Å². The van der Waals surface area contributed by atoms with Gasteiger partial charge in [-0.1, -0.05) is 79.9 Å². The molecular weight excluding hydrogens is 650 g/mol. The molecule has 0 fully saturated rings. The summed E-state index contributed by atoms with van der Waals surface area (Å²) < 4.78 is 10.1. The van der Waals surface area contributed by atoms with Crippen molar-refractivity contribution in [3.05, 3.63) is 175 Å². The van der Waals surface area contributed by atoms with Gasteiger partial charge in [-0.2, -0.15) is 0 Å². The van der Waals surface area contributed by atoms with Crippen LogP contribution in [0.25, 0.3) is 0 Å². The number of benzene rings is 3. The second-order valence-electron chi connectivity index (χ2n) is 9.95. The monoisotopic (exact) mass is 684 g/mol. The number of hydrogen-bond acceptors (Lipinski definition) is 6. The summed E-state index contributed by atoms with van der Waals surface area (Å²) in [7, 11) is -2.08. The Bertz CT molecular complexity index is 1640. The number of hydrogen-bond donors (Lipinski definition) is 0. The number of carbonyl (C=O) groups is 2. The molecule has 0 amide bonds. The number of nitrogens with zero attached hydrogens (tertiary/aromatic N) is 2. The highest BCUT2D eigenvalue weighted by atomic mass is 35.5. The van der Waals surface area contributed by atoms with Crippen molar-refractivity contribution in [1.82, 2.24) is 9.97 Å². The van der Waals surface area contributed by atoms with Crippen molar-refractivity contribution in [3.8, 4) is 0 Å². The summed E-state index contributed by atoms with van der Waals surface area (Å²) in [5, 5.41) is 3.83. The maximum absolute atomic E-state index is 12.4. The van der Waals surface area contributed by atoms with Crippen molar-refractivity contribution < 1.29 is 31.5 Å². The van der Waals surface area contributed by atoms with Crippen molar-refractivity contribution in [1.29, 1.82) is 0 Å². The Hall–Kier alpha value is -4.61. The summed E-state index contributed by atoms with van der Waals surface area (Å²) in [4.78, 5) is 32.4. The van der Waals surface area contributed by atoms with E-state index in [4.69, 9.17) is 21.1 Å². The van der Waals surface area contributed by atoms with Gasteiger partial charge in [-0.05, 0) is 60.7 Å². The molecule has 0 atom stereocenters. The third kappa shape index (κ3) is 9.94. The average molecular weight is 686 g/mol. The van der Waals surface area contributed by atoms with Crippen LogP contribution in [0.3, 0.4) is 0 Å². The van der Waals surface area contributed by atoms with Crippen molar-refractivity contribution in [2.24, 2.45) is 0 Å². The van der Waals surface area contributed by atoms with Gasteiger partial charge in [0, 0.05) is 12.4 Å². The molecule has 0 saturated carbocycles. The van der Waals surface area contributed by atoms with E-state index in [1.54, 1.807) is 30.5 Å². The summed E-state index contributed by atoms with van der Waals surface area (Å²) in [6.45, 7) is 7.45.